The molecule has 0 aliphatic carbocycles. The summed E-state index contributed by atoms with van der Waals surface area (Å²) in [7, 11) is 2.00. The maximum atomic E-state index is 13.2. The Labute approximate surface area is 257 Å². The van der Waals surface area contributed by atoms with Gasteiger partial charge in [-0.15, -0.1) is 0 Å². The number of allylic oxidation sites excluding steroid dienone is 1. The standard InChI is InChI=1S/C33H39N5O6/c1-7-8-25(39)36-18(5)33(42)35-13-24-27-20(29(40)17(4)31-32(27)44-14-43-31)11-22-28-26-19(9-15(2)16(3)30(26)41)10-21(37(28)6)23(12-34)38(22)24/h7-9,18,21-24,28,40-41H,10-11,13-14H2,1-6H3,(H,35,42)(H,36,39)/b8-7+/t18-,21-,22?,23-,24-,28+/m0/s1. The summed E-state index contributed by atoms with van der Waals surface area (Å²) in [4.78, 5) is 29.7. The summed E-state index contributed by atoms with van der Waals surface area (Å²) in [5.41, 5.74) is 5.65. The van der Waals surface area contributed by atoms with E-state index in [0.717, 1.165) is 22.3 Å². The van der Waals surface area contributed by atoms with Crippen molar-refractivity contribution < 1.29 is 29.3 Å². The molecule has 6 atom stereocenters. The number of carbonyl (C=O) groups is 2. The lowest BCUT2D eigenvalue weighted by atomic mass is 9.71. The van der Waals surface area contributed by atoms with E-state index in [-0.39, 0.29) is 54.8 Å². The smallest absolute Gasteiger partial charge is 0.244 e. The van der Waals surface area contributed by atoms with Crippen molar-refractivity contribution >= 4 is 11.8 Å². The summed E-state index contributed by atoms with van der Waals surface area (Å²) < 4.78 is 11.8. The summed E-state index contributed by atoms with van der Waals surface area (Å²) in [5.74, 6) is 0.581. The highest BCUT2D eigenvalue weighted by Crippen LogP contribution is 2.57. The second kappa shape index (κ2) is 11.0. The molecule has 1 fully saturated rings. The first-order chi connectivity index (χ1) is 21.0. The number of benzene rings is 2. The molecule has 4 aliphatic heterocycles. The zero-order chi connectivity index (χ0) is 31.6. The Hall–Kier alpha value is -4.27. The molecular formula is C33H39N5O6. The van der Waals surface area contributed by atoms with Gasteiger partial charge in [-0.25, -0.2) is 0 Å². The predicted octanol–water partition coefficient (Wildman–Crippen LogP) is 2.72. The molecule has 11 heteroatoms. The quantitative estimate of drug-likeness (QED) is 0.380. The number of aryl methyl sites for hydroxylation is 1. The van der Waals surface area contributed by atoms with Crippen molar-refractivity contribution in [3.8, 4) is 29.1 Å². The highest BCUT2D eigenvalue weighted by molar-refractivity contribution is 5.92. The highest BCUT2D eigenvalue weighted by atomic mass is 16.7. The van der Waals surface area contributed by atoms with E-state index in [1.54, 1.807) is 26.8 Å². The topological polar surface area (TPSA) is 147 Å². The largest absolute Gasteiger partial charge is 0.507 e. The molecule has 0 aromatic heterocycles. The van der Waals surface area contributed by atoms with Gasteiger partial charge in [0, 0.05) is 40.9 Å². The average molecular weight is 602 g/mol. The molecule has 1 unspecified atom stereocenters. The van der Waals surface area contributed by atoms with Gasteiger partial charge in [0.2, 0.25) is 18.6 Å². The number of piperazine rings is 1. The second-order valence-corrected chi connectivity index (χ2v) is 12.3. The molecule has 11 nitrogen and oxygen atoms in total. The molecule has 2 aromatic rings. The number of aromatic hydroxyl groups is 2. The number of likely N-dealkylation sites (N-methyl/N-ethyl adjacent to an activating group) is 1. The van der Waals surface area contributed by atoms with Gasteiger partial charge in [0.25, 0.3) is 0 Å². The van der Waals surface area contributed by atoms with Gasteiger partial charge in [0.05, 0.1) is 18.2 Å². The fourth-order valence-electron chi connectivity index (χ4n) is 7.74. The van der Waals surface area contributed by atoms with Crippen LogP contribution in [0.3, 0.4) is 0 Å². The van der Waals surface area contributed by atoms with E-state index in [4.69, 9.17) is 9.47 Å². The molecule has 0 radical (unpaired) electrons. The van der Waals surface area contributed by atoms with E-state index in [1.165, 1.54) is 6.08 Å². The second-order valence-electron chi connectivity index (χ2n) is 12.3. The number of hydrogen-bond donors (Lipinski definition) is 4. The summed E-state index contributed by atoms with van der Waals surface area (Å²) in [5, 5.41) is 39.4. The molecule has 44 heavy (non-hydrogen) atoms. The van der Waals surface area contributed by atoms with Gasteiger partial charge < -0.3 is 30.3 Å². The van der Waals surface area contributed by atoms with Crippen LogP contribution in [-0.4, -0.2) is 76.4 Å². The highest BCUT2D eigenvalue weighted by Gasteiger charge is 2.56. The first kappa shape index (κ1) is 29.8. The maximum absolute atomic E-state index is 13.2. The van der Waals surface area contributed by atoms with Crippen LogP contribution in [0.2, 0.25) is 0 Å². The Morgan fingerprint density at radius 3 is 2.55 bits per heavy atom. The minimum atomic E-state index is -0.803. The molecular weight excluding hydrogens is 562 g/mol. The Bertz CT molecular complexity index is 1630. The molecule has 0 saturated carbocycles. The van der Waals surface area contributed by atoms with Crippen molar-refractivity contribution in [2.24, 2.45) is 0 Å². The summed E-state index contributed by atoms with van der Waals surface area (Å²) in [6, 6.07) is 1.99. The van der Waals surface area contributed by atoms with Crippen LogP contribution in [0.15, 0.2) is 18.2 Å². The third-order valence-electron chi connectivity index (χ3n) is 10.0. The van der Waals surface area contributed by atoms with Crippen LogP contribution in [0, 0.1) is 32.1 Å². The number of nitrogens with zero attached hydrogens (tertiary/aromatic N) is 3. The Kier molecular flexibility index (Phi) is 7.46. The fourth-order valence-corrected chi connectivity index (χ4v) is 7.74. The number of phenols is 2. The predicted molar refractivity (Wildman–Crippen MR) is 161 cm³/mol. The van der Waals surface area contributed by atoms with Gasteiger partial charge in [-0.1, -0.05) is 12.1 Å². The van der Waals surface area contributed by atoms with Gasteiger partial charge in [-0.2, -0.15) is 5.26 Å². The number of phenolic OH excluding ortho intramolecular Hbond substituents is 2. The Morgan fingerprint density at radius 2 is 1.84 bits per heavy atom. The number of hydrogen-bond acceptors (Lipinski definition) is 9. The Morgan fingerprint density at radius 1 is 1.11 bits per heavy atom. The number of carbonyl (C=O) groups excluding carboxylic acids is 2. The molecule has 4 aliphatic rings. The number of fused-ring (bicyclic) bond motifs is 9. The summed E-state index contributed by atoms with van der Waals surface area (Å²) >= 11 is 0. The van der Waals surface area contributed by atoms with Crippen LogP contribution in [0.25, 0.3) is 0 Å². The van der Waals surface area contributed by atoms with Gasteiger partial charge in [0.1, 0.15) is 23.6 Å². The number of amides is 2. The monoisotopic (exact) mass is 601 g/mol. The van der Waals surface area contributed by atoms with Crippen LogP contribution in [0.4, 0.5) is 0 Å². The third-order valence-corrected chi connectivity index (χ3v) is 10.0. The summed E-state index contributed by atoms with van der Waals surface area (Å²) in [6.07, 6.45) is 3.93. The van der Waals surface area contributed by atoms with E-state index in [2.05, 4.69) is 32.6 Å². The fraction of sp³-hybridized carbons (Fsp3) is 0.485. The van der Waals surface area contributed by atoms with Crippen molar-refractivity contribution in [3.05, 3.63) is 57.2 Å². The maximum Gasteiger partial charge on any atom is 0.244 e. The summed E-state index contributed by atoms with van der Waals surface area (Å²) in [6.45, 7) is 9.11. The zero-order valence-electron chi connectivity index (χ0n) is 25.9. The molecule has 2 amide bonds. The number of rotatable bonds is 5. The average Bonchev–Trinajstić information content (AvgIpc) is 3.48. The Balaban J connectivity index is 1.48. The molecule has 4 heterocycles. The van der Waals surface area contributed by atoms with Crippen molar-refractivity contribution in [3.63, 3.8) is 0 Å². The minimum Gasteiger partial charge on any atom is -0.507 e. The molecule has 232 valence electrons. The molecule has 6 rings (SSSR count). The number of ether oxygens (including phenoxy) is 2. The van der Waals surface area contributed by atoms with Gasteiger partial charge in [-0.3, -0.25) is 19.4 Å². The lowest BCUT2D eigenvalue weighted by molar-refractivity contribution is -0.127. The van der Waals surface area contributed by atoms with Crippen LogP contribution in [0.1, 0.15) is 64.9 Å². The van der Waals surface area contributed by atoms with Crippen LogP contribution < -0.4 is 20.1 Å². The lowest BCUT2D eigenvalue weighted by Gasteiger charge is -2.60. The van der Waals surface area contributed by atoms with Crippen molar-refractivity contribution in [1.82, 2.24) is 20.4 Å². The molecule has 1 saturated heterocycles. The van der Waals surface area contributed by atoms with Gasteiger partial charge in [-0.05, 0) is 77.3 Å². The van der Waals surface area contributed by atoms with Crippen molar-refractivity contribution in [2.45, 2.75) is 83.7 Å². The van der Waals surface area contributed by atoms with Crippen LogP contribution in [-0.2, 0) is 22.4 Å². The zero-order valence-corrected chi connectivity index (χ0v) is 25.9. The van der Waals surface area contributed by atoms with E-state index >= 15 is 0 Å². The lowest BCUT2D eigenvalue weighted by Crippen LogP contribution is -2.68. The number of nitriles is 1. The third kappa shape index (κ3) is 4.39. The molecule has 2 aromatic carbocycles. The first-order valence-electron chi connectivity index (χ1n) is 15.1. The minimum absolute atomic E-state index is 0.00186. The van der Waals surface area contributed by atoms with Crippen molar-refractivity contribution in [2.75, 3.05) is 20.4 Å². The molecule has 0 spiro atoms. The van der Waals surface area contributed by atoms with E-state index in [9.17, 15) is 25.1 Å². The first-order valence-corrected chi connectivity index (χ1v) is 15.1. The molecule has 2 bridgehead atoms. The van der Waals surface area contributed by atoms with E-state index < -0.39 is 18.1 Å². The van der Waals surface area contributed by atoms with E-state index in [1.807, 2.05) is 20.9 Å². The van der Waals surface area contributed by atoms with Crippen molar-refractivity contribution in [1.29, 1.82) is 5.26 Å². The SMILES string of the molecule is C/C=C/C(=O)N[C@@H](C)C(=O)NC[C@H]1c2c(c(O)c(C)c3c2OCO3)CC2[C@@H]3c4c(cc(C)c(C)c4O)C[C@@H]([C@H](C#N)N21)N3C. The van der Waals surface area contributed by atoms with Crippen LogP contribution >= 0.6 is 0 Å². The normalized spacial score (nSPS) is 25.9. The van der Waals surface area contributed by atoms with E-state index in [0.29, 0.717) is 41.0 Å². The molecule has 4 N–H and O–H groups in total. The van der Waals surface area contributed by atoms with Gasteiger partial charge in [0.15, 0.2) is 11.5 Å². The van der Waals surface area contributed by atoms with Crippen LogP contribution in [0.5, 0.6) is 23.0 Å². The van der Waals surface area contributed by atoms with Gasteiger partial charge >= 0.3 is 0 Å². The number of nitrogens with one attached hydrogen (secondary N) is 2.